The third-order valence-electron chi connectivity index (χ3n) is 8.69. The van der Waals surface area contributed by atoms with Gasteiger partial charge in [-0.15, -0.1) is 11.3 Å². The zero-order valence-electron chi connectivity index (χ0n) is 26.5. The molecule has 2 saturated heterocycles. The van der Waals surface area contributed by atoms with Gasteiger partial charge in [-0.1, -0.05) is 48.4 Å². The highest BCUT2D eigenvalue weighted by molar-refractivity contribution is 7.13. The third kappa shape index (κ3) is 5.76. The van der Waals surface area contributed by atoms with Gasteiger partial charge in [0.15, 0.2) is 0 Å². The van der Waals surface area contributed by atoms with E-state index in [1.165, 1.54) is 16.9 Å². The highest BCUT2D eigenvalue weighted by Crippen LogP contribution is 2.32. The minimum absolute atomic E-state index is 0.0389. The molecule has 6 rings (SSSR count). The molecule has 8 heteroatoms. The van der Waals surface area contributed by atoms with Crippen molar-refractivity contribution in [3.63, 3.8) is 0 Å². The number of carbonyl (C=O) groups is 1. The number of aryl methyl sites for hydroxylation is 2. The number of aromatic nitrogens is 2. The molecule has 0 spiro atoms. The number of amides is 1. The van der Waals surface area contributed by atoms with Gasteiger partial charge in [0.2, 0.25) is 0 Å². The lowest BCUT2D eigenvalue weighted by molar-refractivity contribution is 0.0696. The Hall–Kier alpha value is -4.01. The number of nitrogens with zero attached hydrogens (tertiary/aromatic N) is 4. The van der Waals surface area contributed by atoms with E-state index in [9.17, 15) is 9.59 Å². The van der Waals surface area contributed by atoms with Crippen molar-refractivity contribution in [3.05, 3.63) is 92.2 Å². The van der Waals surface area contributed by atoms with Gasteiger partial charge in [-0.3, -0.25) is 14.2 Å². The molecule has 4 heterocycles. The molecule has 4 aromatic rings. The molecule has 0 saturated carbocycles. The summed E-state index contributed by atoms with van der Waals surface area (Å²) in [5.74, 6) is -0.0389. The van der Waals surface area contributed by atoms with E-state index in [2.05, 4.69) is 61.6 Å². The van der Waals surface area contributed by atoms with Gasteiger partial charge in [0.05, 0.1) is 28.2 Å². The lowest BCUT2D eigenvalue weighted by Gasteiger charge is -2.33. The fourth-order valence-electron chi connectivity index (χ4n) is 6.33. The molecule has 2 atom stereocenters. The average Bonchev–Trinajstić information content (AvgIpc) is 3.62. The first-order valence-electron chi connectivity index (χ1n) is 15.5. The van der Waals surface area contributed by atoms with E-state index in [0.717, 1.165) is 53.0 Å². The smallest absolute Gasteiger partial charge is 0.265 e. The van der Waals surface area contributed by atoms with Gasteiger partial charge < -0.3 is 15.1 Å². The molecule has 7 nitrogen and oxygen atoms in total. The van der Waals surface area contributed by atoms with Crippen molar-refractivity contribution >= 4 is 29.0 Å². The fourth-order valence-corrected chi connectivity index (χ4v) is 7.17. The maximum Gasteiger partial charge on any atom is 0.265 e. The Labute approximate surface area is 263 Å². The zero-order valence-corrected chi connectivity index (χ0v) is 27.3. The van der Waals surface area contributed by atoms with Crippen LogP contribution >= 0.6 is 11.3 Å². The van der Waals surface area contributed by atoms with E-state index < -0.39 is 0 Å². The molecule has 1 amide bonds. The van der Waals surface area contributed by atoms with Crippen LogP contribution in [0, 0.1) is 6.92 Å². The van der Waals surface area contributed by atoms with E-state index in [4.69, 9.17) is 4.98 Å². The molecular weight excluding hydrogens is 566 g/mol. The largest absolute Gasteiger partial charge is 0.378 e. The molecule has 44 heavy (non-hydrogen) atoms. The van der Waals surface area contributed by atoms with Crippen molar-refractivity contribution < 1.29 is 4.79 Å². The van der Waals surface area contributed by atoms with Crippen molar-refractivity contribution in [3.8, 4) is 27.5 Å². The van der Waals surface area contributed by atoms with E-state index in [0.29, 0.717) is 47.0 Å². The number of rotatable bonds is 7. The Morgan fingerprint density at radius 3 is 2.41 bits per heavy atom. The predicted molar refractivity (Wildman–Crippen MR) is 182 cm³/mol. The third-order valence-corrected chi connectivity index (χ3v) is 9.56. The molecule has 0 radical (unpaired) electrons. The van der Waals surface area contributed by atoms with Crippen molar-refractivity contribution in [2.45, 2.75) is 59.0 Å². The number of nitrogens with one attached hydrogen (secondary N) is 1. The molecule has 2 aliphatic heterocycles. The van der Waals surface area contributed by atoms with Crippen LogP contribution in [0.2, 0.25) is 0 Å². The summed E-state index contributed by atoms with van der Waals surface area (Å²) in [6, 6.07) is 16.9. The van der Waals surface area contributed by atoms with E-state index in [1.54, 1.807) is 10.6 Å². The number of piperazine rings is 1. The van der Waals surface area contributed by atoms with Gasteiger partial charge >= 0.3 is 0 Å². The minimum atomic E-state index is -0.176. The second kappa shape index (κ2) is 12.2. The van der Waals surface area contributed by atoms with Gasteiger partial charge in [-0.25, -0.2) is 4.98 Å². The summed E-state index contributed by atoms with van der Waals surface area (Å²) in [7, 11) is 3.99. The number of fused-ring (bicyclic) bond motifs is 2. The molecule has 1 N–H and O–H groups in total. The van der Waals surface area contributed by atoms with Gasteiger partial charge in [0.25, 0.3) is 11.5 Å². The number of thiazole rings is 1. The summed E-state index contributed by atoms with van der Waals surface area (Å²) < 4.78 is 1.77. The number of benzene rings is 2. The number of carbonyl (C=O) groups excluding carboxylic acids is 1. The van der Waals surface area contributed by atoms with Crippen LogP contribution in [-0.4, -0.2) is 59.6 Å². The van der Waals surface area contributed by atoms with Crippen molar-refractivity contribution in [2.24, 2.45) is 0 Å². The zero-order chi connectivity index (χ0) is 31.1. The number of allylic oxidation sites excluding steroid dienone is 1. The fraction of sp³-hybridized carbons (Fsp3) is 0.361. The van der Waals surface area contributed by atoms with Crippen LogP contribution in [0.3, 0.4) is 0 Å². The summed E-state index contributed by atoms with van der Waals surface area (Å²) in [6.45, 7) is 9.51. The Bertz CT molecular complexity index is 1780. The molecule has 0 aliphatic carbocycles. The first kappa shape index (κ1) is 30.0. The first-order chi connectivity index (χ1) is 21.1. The summed E-state index contributed by atoms with van der Waals surface area (Å²) in [4.78, 5) is 38.2. The summed E-state index contributed by atoms with van der Waals surface area (Å²) in [5.41, 5.74) is 8.25. The van der Waals surface area contributed by atoms with Crippen LogP contribution in [0.15, 0.2) is 64.3 Å². The minimum Gasteiger partial charge on any atom is -0.378 e. The van der Waals surface area contributed by atoms with Gasteiger partial charge in [-0.05, 0) is 69.9 Å². The SMILES string of the molecule is CCc1ccc(N(C)C)cc1-n1c(C=C(C)C)c(C(=O)N2CC3CCC(C2)N3)cc(-c2nc(-c3ccc(C)cc3)cs2)c1=O. The standard InChI is InChI=1S/C36H41N5O2S/c1-7-24-12-15-28(39(5)6)17-32(24)41-33(16-22(2)3)29(35(42)40-19-26-13-14-27(20-40)37-26)18-30(36(41)43)34-38-31(21-44-34)25-10-8-23(4)9-11-25/h8-12,15-18,21,26-27,37H,7,13-14,19-20H2,1-6H3. The van der Waals surface area contributed by atoms with Crippen LogP contribution < -0.4 is 15.8 Å². The normalized spacial score (nSPS) is 17.5. The molecule has 2 unspecified atom stereocenters. The predicted octanol–water partition coefficient (Wildman–Crippen LogP) is 6.56. The topological polar surface area (TPSA) is 70.5 Å². The molecule has 2 aromatic carbocycles. The molecule has 2 fully saturated rings. The van der Waals surface area contributed by atoms with Crippen molar-refractivity contribution in [2.75, 3.05) is 32.1 Å². The van der Waals surface area contributed by atoms with Crippen LogP contribution in [0.4, 0.5) is 5.69 Å². The Kier molecular flexibility index (Phi) is 8.31. The summed E-state index contributed by atoms with van der Waals surface area (Å²) in [6.07, 6.45) is 4.89. The Balaban J connectivity index is 1.61. The Morgan fingerprint density at radius 1 is 1.07 bits per heavy atom. The molecule has 2 aromatic heterocycles. The lowest BCUT2D eigenvalue weighted by Crippen LogP contribution is -2.53. The monoisotopic (exact) mass is 607 g/mol. The molecule has 2 aliphatic rings. The number of pyridine rings is 1. The highest BCUT2D eigenvalue weighted by atomic mass is 32.1. The second-order valence-electron chi connectivity index (χ2n) is 12.5. The van der Waals surface area contributed by atoms with Crippen LogP contribution in [0.5, 0.6) is 0 Å². The molecule has 2 bridgehead atoms. The van der Waals surface area contributed by atoms with Crippen LogP contribution in [-0.2, 0) is 6.42 Å². The number of likely N-dealkylation sites (tertiary alicyclic amines) is 1. The van der Waals surface area contributed by atoms with Crippen LogP contribution in [0.25, 0.3) is 33.6 Å². The van der Waals surface area contributed by atoms with E-state index in [1.807, 2.05) is 49.2 Å². The first-order valence-corrected chi connectivity index (χ1v) is 16.3. The number of anilines is 1. The summed E-state index contributed by atoms with van der Waals surface area (Å²) >= 11 is 1.44. The number of hydrogen-bond acceptors (Lipinski definition) is 6. The van der Waals surface area contributed by atoms with Gasteiger partial charge in [0, 0.05) is 55.9 Å². The Morgan fingerprint density at radius 2 is 1.77 bits per heavy atom. The quantitative estimate of drug-likeness (QED) is 0.258. The highest BCUT2D eigenvalue weighted by Gasteiger charge is 2.36. The molecule has 228 valence electrons. The average molecular weight is 608 g/mol. The van der Waals surface area contributed by atoms with Crippen molar-refractivity contribution in [1.82, 2.24) is 19.8 Å². The maximum atomic E-state index is 14.7. The van der Waals surface area contributed by atoms with Crippen molar-refractivity contribution in [1.29, 1.82) is 0 Å². The number of hydrogen-bond donors (Lipinski definition) is 1. The van der Waals surface area contributed by atoms with Crippen LogP contribution in [0.1, 0.15) is 60.8 Å². The van der Waals surface area contributed by atoms with Gasteiger partial charge in [-0.2, -0.15) is 0 Å². The maximum absolute atomic E-state index is 14.7. The second-order valence-corrected chi connectivity index (χ2v) is 13.4. The molecular formula is C36H41N5O2S. The summed E-state index contributed by atoms with van der Waals surface area (Å²) in [5, 5.41) is 6.24. The lowest BCUT2D eigenvalue weighted by atomic mass is 10.0. The van der Waals surface area contributed by atoms with E-state index >= 15 is 0 Å². The van der Waals surface area contributed by atoms with E-state index in [-0.39, 0.29) is 11.5 Å². The van der Waals surface area contributed by atoms with Gasteiger partial charge in [0.1, 0.15) is 5.01 Å².